The number of pyridine rings is 2. The third-order valence-corrected chi connectivity index (χ3v) is 9.18. The number of allylic oxidation sites excluding steroid dienone is 2. The molecule has 0 atom stereocenters. The molecule has 0 aliphatic carbocycles. The zero-order valence-electron chi connectivity index (χ0n) is 26.6. The van der Waals surface area contributed by atoms with E-state index in [1.807, 2.05) is 30.6 Å². The molecule has 10 aromatic rings. The average Bonchev–Trinajstić information content (AvgIpc) is 3.82. The molecular weight excluding hydrogens is 601 g/mol. The standard InChI is InChI=1S/C40H24N4O.C4H6/c1-2-9-27(10-3-1)43-33-19-17-25(24-31(33)39-34(43)15-7-22-42-39)26-18-20-37-30(23-26)28-12-6-14-36(40(28)45-37)44-32-13-5-4-11-29(32)38-35(44)16-8-21-41-38;1-3-4-2/h1-24H;3-4H,1-2H2. The summed E-state index contributed by atoms with van der Waals surface area (Å²) in [4.78, 5) is 9.53. The van der Waals surface area contributed by atoms with E-state index in [0.717, 1.165) is 88.3 Å². The molecule has 10 rings (SSSR count). The lowest BCUT2D eigenvalue weighted by Gasteiger charge is -2.08. The maximum atomic E-state index is 6.62. The van der Waals surface area contributed by atoms with Crippen LogP contribution in [-0.4, -0.2) is 19.1 Å². The van der Waals surface area contributed by atoms with Crippen molar-refractivity contribution in [2.45, 2.75) is 0 Å². The first-order chi connectivity index (χ1) is 24.2. The van der Waals surface area contributed by atoms with E-state index < -0.39 is 0 Å². The largest absolute Gasteiger partial charge is 0.454 e. The van der Waals surface area contributed by atoms with Gasteiger partial charge < -0.3 is 13.6 Å². The maximum Gasteiger partial charge on any atom is 0.159 e. The summed E-state index contributed by atoms with van der Waals surface area (Å²) in [6.07, 6.45) is 7.01. The third kappa shape index (κ3) is 4.48. The Morgan fingerprint density at radius 1 is 0.490 bits per heavy atom. The highest BCUT2D eigenvalue weighted by Gasteiger charge is 2.19. The van der Waals surface area contributed by atoms with Crippen LogP contribution >= 0.6 is 0 Å². The Bertz CT molecular complexity index is 2810. The summed E-state index contributed by atoms with van der Waals surface area (Å²) in [7, 11) is 0. The maximum absolute atomic E-state index is 6.62. The van der Waals surface area contributed by atoms with Gasteiger partial charge in [-0.1, -0.05) is 86.0 Å². The number of aromatic nitrogens is 4. The molecular formula is C44H30N4O. The van der Waals surface area contributed by atoms with Crippen molar-refractivity contribution in [3.05, 3.63) is 171 Å². The molecule has 232 valence electrons. The van der Waals surface area contributed by atoms with E-state index in [1.165, 1.54) is 0 Å². The van der Waals surface area contributed by atoms with Gasteiger partial charge in [-0.2, -0.15) is 0 Å². The van der Waals surface area contributed by atoms with Crippen LogP contribution in [0.4, 0.5) is 0 Å². The molecule has 0 fully saturated rings. The second-order valence-corrected chi connectivity index (χ2v) is 11.9. The fourth-order valence-electron chi connectivity index (χ4n) is 7.05. The molecule has 5 nitrogen and oxygen atoms in total. The number of rotatable bonds is 4. The number of fused-ring (bicyclic) bond motifs is 9. The Balaban J connectivity index is 0.000000773. The molecule has 0 amide bonds. The van der Waals surface area contributed by atoms with Crippen LogP contribution in [0.1, 0.15) is 0 Å². The van der Waals surface area contributed by atoms with Crippen LogP contribution in [0.15, 0.2) is 176 Å². The first kappa shape index (κ1) is 28.5. The molecule has 5 aromatic heterocycles. The summed E-state index contributed by atoms with van der Waals surface area (Å²) < 4.78 is 11.2. The second-order valence-electron chi connectivity index (χ2n) is 11.9. The van der Waals surface area contributed by atoms with Gasteiger partial charge in [-0.05, 0) is 83.9 Å². The van der Waals surface area contributed by atoms with Crippen molar-refractivity contribution in [2.24, 2.45) is 0 Å². The number of hydrogen-bond donors (Lipinski definition) is 0. The van der Waals surface area contributed by atoms with Crippen LogP contribution in [0.2, 0.25) is 0 Å². The Kier molecular flexibility index (Phi) is 6.69. The smallest absolute Gasteiger partial charge is 0.159 e. The van der Waals surface area contributed by atoms with Gasteiger partial charge in [-0.3, -0.25) is 9.97 Å². The quantitative estimate of drug-likeness (QED) is 0.182. The van der Waals surface area contributed by atoms with Gasteiger partial charge in [0.25, 0.3) is 0 Å². The monoisotopic (exact) mass is 630 g/mol. The summed E-state index contributed by atoms with van der Waals surface area (Å²) in [6.45, 7) is 6.72. The van der Waals surface area contributed by atoms with Gasteiger partial charge in [0.2, 0.25) is 0 Å². The van der Waals surface area contributed by atoms with Crippen molar-refractivity contribution < 1.29 is 4.42 Å². The number of nitrogens with zero attached hydrogens (tertiary/aromatic N) is 4. The van der Waals surface area contributed by atoms with Gasteiger partial charge >= 0.3 is 0 Å². The highest BCUT2D eigenvalue weighted by molar-refractivity contribution is 6.13. The summed E-state index contributed by atoms with van der Waals surface area (Å²) in [5.41, 5.74) is 12.5. The molecule has 0 bridgehead atoms. The van der Waals surface area contributed by atoms with E-state index in [4.69, 9.17) is 14.4 Å². The van der Waals surface area contributed by atoms with Gasteiger partial charge in [0.05, 0.1) is 38.8 Å². The highest BCUT2D eigenvalue weighted by Crippen LogP contribution is 2.39. The van der Waals surface area contributed by atoms with Crippen LogP contribution in [0.3, 0.4) is 0 Å². The lowest BCUT2D eigenvalue weighted by atomic mass is 10.0. The Hall–Kier alpha value is -6.72. The average molecular weight is 631 g/mol. The molecule has 0 aliphatic rings. The molecule has 0 radical (unpaired) electrons. The highest BCUT2D eigenvalue weighted by atomic mass is 16.3. The molecule has 0 aliphatic heterocycles. The first-order valence-corrected chi connectivity index (χ1v) is 16.2. The van der Waals surface area contributed by atoms with Crippen molar-refractivity contribution in [1.82, 2.24) is 19.1 Å². The van der Waals surface area contributed by atoms with Crippen molar-refractivity contribution in [3.8, 4) is 22.5 Å². The summed E-state index contributed by atoms with van der Waals surface area (Å²) >= 11 is 0. The van der Waals surface area contributed by atoms with Crippen LogP contribution in [0, 0.1) is 0 Å². The minimum atomic E-state index is 0.863. The zero-order chi connectivity index (χ0) is 32.9. The van der Waals surface area contributed by atoms with Gasteiger partial charge in [0.15, 0.2) is 5.58 Å². The van der Waals surface area contributed by atoms with Crippen LogP contribution < -0.4 is 0 Å². The van der Waals surface area contributed by atoms with Gasteiger partial charge in [0, 0.05) is 39.6 Å². The van der Waals surface area contributed by atoms with E-state index in [1.54, 1.807) is 12.2 Å². The normalized spacial score (nSPS) is 11.4. The molecule has 5 heteroatoms. The van der Waals surface area contributed by atoms with Crippen LogP contribution in [0.5, 0.6) is 0 Å². The SMILES string of the molecule is C=CC=C.c1ccc(-n2c3ccc(-c4ccc5oc6c(-n7c8ccccc8c8ncccc87)cccc6c5c4)cc3c3ncccc32)cc1. The number of para-hydroxylation sites is 3. The topological polar surface area (TPSA) is 48.8 Å². The fraction of sp³-hybridized carbons (Fsp3) is 0. The van der Waals surface area contributed by atoms with Crippen molar-refractivity contribution in [3.63, 3.8) is 0 Å². The second kappa shape index (κ2) is 11.5. The predicted molar refractivity (Wildman–Crippen MR) is 204 cm³/mol. The molecule has 0 unspecified atom stereocenters. The van der Waals surface area contributed by atoms with E-state index in [9.17, 15) is 0 Å². The summed E-state index contributed by atoms with van der Waals surface area (Å²) in [5.74, 6) is 0. The molecule has 0 spiro atoms. The van der Waals surface area contributed by atoms with E-state index in [2.05, 4.69) is 138 Å². The molecule has 0 saturated carbocycles. The van der Waals surface area contributed by atoms with Gasteiger partial charge in [0.1, 0.15) is 5.58 Å². The summed E-state index contributed by atoms with van der Waals surface area (Å²) in [6, 6.07) is 46.8. The molecule has 0 N–H and O–H groups in total. The molecule has 49 heavy (non-hydrogen) atoms. The fourth-order valence-corrected chi connectivity index (χ4v) is 7.05. The van der Waals surface area contributed by atoms with E-state index in [-0.39, 0.29) is 0 Å². The Morgan fingerprint density at radius 3 is 1.88 bits per heavy atom. The number of furan rings is 1. The minimum Gasteiger partial charge on any atom is -0.454 e. The molecule has 0 saturated heterocycles. The lowest BCUT2D eigenvalue weighted by molar-refractivity contribution is 0.666. The number of benzene rings is 5. The van der Waals surface area contributed by atoms with Gasteiger partial charge in [-0.15, -0.1) is 0 Å². The third-order valence-electron chi connectivity index (χ3n) is 9.18. The predicted octanol–water partition coefficient (Wildman–Crippen LogP) is 11.6. The van der Waals surface area contributed by atoms with E-state index >= 15 is 0 Å². The minimum absolute atomic E-state index is 0.863. The Labute approximate surface area is 282 Å². The molecule has 5 aromatic carbocycles. The summed E-state index contributed by atoms with van der Waals surface area (Å²) in [5, 5.41) is 4.43. The van der Waals surface area contributed by atoms with Crippen LogP contribution in [-0.2, 0) is 0 Å². The van der Waals surface area contributed by atoms with Crippen molar-refractivity contribution in [2.75, 3.05) is 0 Å². The van der Waals surface area contributed by atoms with Crippen molar-refractivity contribution >= 4 is 65.8 Å². The molecule has 5 heterocycles. The van der Waals surface area contributed by atoms with E-state index in [0.29, 0.717) is 0 Å². The first-order valence-electron chi connectivity index (χ1n) is 16.2. The van der Waals surface area contributed by atoms with Crippen molar-refractivity contribution in [1.29, 1.82) is 0 Å². The van der Waals surface area contributed by atoms with Gasteiger partial charge in [-0.25, -0.2) is 0 Å². The lowest BCUT2D eigenvalue weighted by Crippen LogP contribution is -1.94. The number of hydrogen-bond acceptors (Lipinski definition) is 3. The Morgan fingerprint density at radius 2 is 1.10 bits per heavy atom. The zero-order valence-corrected chi connectivity index (χ0v) is 26.6. The van der Waals surface area contributed by atoms with Crippen LogP contribution in [0.25, 0.3) is 88.3 Å².